The maximum atomic E-state index is 13.1. The lowest BCUT2D eigenvalue weighted by Gasteiger charge is -2.09. The molecule has 0 fully saturated rings. The number of rotatable bonds is 5. The molecular weight excluding hydrogens is 466 g/mol. The van der Waals surface area contributed by atoms with Crippen LogP contribution in [0, 0.1) is 6.92 Å². The Morgan fingerprint density at radius 1 is 1.09 bits per heavy atom. The lowest BCUT2D eigenvalue weighted by atomic mass is 10.1. The van der Waals surface area contributed by atoms with Crippen molar-refractivity contribution in [3.63, 3.8) is 0 Å². The van der Waals surface area contributed by atoms with Crippen LogP contribution >= 0.6 is 22.7 Å². The highest BCUT2D eigenvalue weighted by atomic mass is 32.2. The Bertz CT molecular complexity index is 1560. The number of aryl methyl sites for hydroxylation is 1. The number of fused-ring (bicyclic) bond motifs is 2. The van der Waals surface area contributed by atoms with E-state index in [2.05, 4.69) is 37.4 Å². The molecule has 11 heteroatoms. The van der Waals surface area contributed by atoms with Gasteiger partial charge in [-0.15, -0.1) is 11.3 Å². The zero-order valence-corrected chi connectivity index (χ0v) is 19.4. The third-order valence-electron chi connectivity index (χ3n) is 4.77. The molecule has 0 aliphatic carbocycles. The van der Waals surface area contributed by atoms with Crippen molar-refractivity contribution in [2.75, 3.05) is 10.0 Å². The average Bonchev–Trinajstić information content (AvgIpc) is 3.44. The average molecular weight is 484 g/mol. The number of nitrogens with one attached hydrogen (secondary N) is 3. The number of carbonyl (C=O) groups is 1. The van der Waals surface area contributed by atoms with Crippen LogP contribution in [0.3, 0.4) is 0 Å². The van der Waals surface area contributed by atoms with Crippen molar-refractivity contribution in [3.8, 4) is 10.4 Å². The number of hydrogen-bond donors (Lipinski definition) is 3. The molecule has 2 aromatic carbocycles. The minimum absolute atomic E-state index is 0.0527. The molecule has 32 heavy (non-hydrogen) atoms. The van der Waals surface area contributed by atoms with E-state index in [0.29, 0.717) is 11.4 Å². The van der Waals surface area contributed by atoms with Gasteiger partial charge in [0.2, 0.25) is 5.91 Å². The zero-order valence-electron chi connectivity index (χ0n) is 17.0. The molecule has 5 aromatic rings. The van der Waals surface area contributed by atoms with Crippen LogP contribution in [0.1, 0.15) is 12.6 Å². The number of thiazole rings is 1. The summed E-state index contributed by atoms with van der Waals surface area (Å²) < 4.78 is 30.1. The van der Waals surface area contributed by atoms with Crippen LogP contribution in [0.25, 0.3) is 31.4 Å². The van der Waals surface area contributed by atoms with Gasteiger partial charge < -0.3 is 5.32 Å². The van der Waals surface area contributed by atoms with E-state index in [0.717, 1.165) is 42.8 Å². The Morgan fingerprint density at radius 3 is 2.69 bits per heavy atom. The summed E-state index contributed by atoms with van der Waals surface area (Å²) in [4.78, 5) is 16.4. The lowest BCUT2D eigenvalue weighted by Crippen LogP contribution is -2.12. The highest BCUT2D eigenvalue weighted by Crippen LogP contribution is 2.39. The van der Waals surface area contributed by atoms with E-state index in [1.54, 1.807) is 36.6 Å². The Balaban J connectivity index is 1.57. The van der Waals surface area contributed by atoms with Crippen molar-refractivity contribution in [2.24, 2.45) is 0 Å². The van der Waals surface area contributed by atoms with Gasteiger partial charge in [0.25, 0.3) is 10.0 Å². The van der Waals surface area contributed by atoms with E-state index in [1.807, 2.05) is 18.2 Å². The first-order valence-electron chi connectivity index (χ1n) is 9.54. The number of aromatic amines is 1. The third kappa shape index (κ3) is 3.74. The normalized spacial score (nSPS) is 11.8. The van der Waals surface area contributed by atoms with Gasteiger partial charge in [0.1, 0.15) is 0 Å². The van der Waals surface area contributed by atoms with Crippen LogP contribution < -0.4 is 10.0 Å². The van der Waals surface area contributed by atoms with Gasteiger partial charge >= 0.3 is 0 Å². The summed E-state index contributed by atoms with van der Waals surface area (Å²) in [6, 6.07) is 13.7. The van der Waals surface area contributed by atoms with Gasteiger partial charge in [0.15, 0.2) is 9.34 Å². The number of thiophene rings is 1. The first kappa shape index (κ1) is 20.6. The standard InChI is InChI=1S/C21H17N5O3S3/c1-11-20(31-21(23-11)24-12(2)27)32(28,29)26-15-7-14-10-22-25-19(14)16(9-15)18-8-13-5-3-4-6-17(13)30-18/h3-10,26H,1-2H3,(H,22,25)(H,23,24,27). The van der Waals surface area contributed by atoms with E-state index < -0.39 is 10.0 Å². The maximum absolute atomic E-state index is 13.1. The van der Waals surface area contributed by atoms with Gasteiger partial charge in [-0.05, 0) is 36.6 Å². The van der Waals surface area contributed by atoms with E-state index in [-0.39, 0.29) is 15.2 Å². The highest BCUT2D eigenvalue weighted by molar-refractivity contribution is 7.94. The molecule has 0 unspecified atom stereocenters. The second kappa shape index (κ2) is 7.69. The van der Waals surface area contributed by atoms with Crippen LogP contribution in [0.4, 0.5) is 10.8 Å². The van der Waals surface area contributed by atoms with Crippen molar-refractivity contribution in [1.29, 1.82) is 0 Å². The fourth-order valence-electron chi connectivity index (χ4n) is 3.46. The van der Waals surface area contributed by atoms with Crippen LogP contribution in [0.15, 0.2) is 52.9 Å². The molecule has 3 aromatic heterocycles. The maximum Gasteiger partial charge on any atom is 0.273 e. The molecule has 0 aliphatic rings. The Morgan fingerprint density at radius 2 is 1.91 bits per heavy atom. The predicted octanol–water partition coefficient (Wildman–Crippen LogP) is 4.97. The second-order valence-corrected chi connectivity index (χ2v) is 11.1. The summed E-state index contributed by atoms with van der Waals surface area (Å²) in [7, 11) is -3.91. The van der Waals surface area contributed by atoms with Gasteiger partial charge in [-0.2, -0.15) is 5.10 Å². The van der Waals surface area contributed by atoms with Crippen molar-refractivity contribution in [1.82, 2.24) is 15.2 Å². The molecule has 0 bridgehead atoms. The summed E-state index contributed by atoms with van der Waals surface area (Å²) in [6.07, 6.45) is 1.66. The number of anilines is 2. The molecule has 3 heterocycles. The van der Waals surface area contributed by atoms with Gasteiger partial charge in [0, 0.05) is 27.5 Å². The third-order valence-corrected chi connectivity index (χ3v) is 8.99. The van der Waals surface area contributed by atoms with E-state index in [1.165, 1.54) is 6.92 Å². The van der Waals surface area contributed by atoms with Crippen molar-refractivity contribution < 1.29 is 13.2 Å². The molecule has 0 radical (unpaired) electrons. The monoisotopic (exact) mass is 483 g/mol. The first-order chi connectivity index (χ1) is 15.3. The second-order valence-electron chi connectivity index (χ2n) is 7.19. The predicted molar refractivity (Wildman–Crippen MR) is 129 cm³/mol. The lowest BCUT2D eigenvalue weighted by molar-refractivity contribution is -0.114. The van der Waals surface area contributed by atoms with Crippen molar-refractivity contribution in [3.05, 3.63) is 54.4 Å². The van der Waals surface area contributed by atoms with Crippen LogP contribution in [-0.4, -0.2) is 29.5 Å². The van der Waals surface area contributed by atoms with E-state index in [9.17, 15) is 13.2 Å². The summed E-state index contributed by atoms with van der Waals surface area (Å²) in [5, 5.41) is 11.8. The van der Waals surface area contributed by atoms with Gasteiger partial charge in [0.05, 0.1) is 23.1 Å². The minimum atomic E-state index is -3.91. The summed E-state index contributed by atoms with van der Waals surface area (Å²) in [6.45, 7) is 2.94. The highest BCUT2D eigenvalue weighted by Gasteiger charge is 2.23. The molecule has 162 valence electrons. The number of hydrogen-bond acceptors (Lipinski definition) is 7. The van der Waals surface area contributed by atoms with Gasteiger partial charge in [-0.3, -0.25) is 14.6 Å². The molecule has 5 rings (SSSR count). The molecule has 0 atom stereocenters. The van der Waals surface area contributed by atoms with Gasteiger partial charge in [-0.1, -0.05) is 29.5 Å². The Labute approximate surface area is 191 Å². The Hall–Kier alpha value is -3.28. The fraction of sp³-hybridized carbons (Fsp3) is 0.0952. The largest absolute Gasteiger partial charge is 0.302 e. The minimum Gasteiger partial charge on any atom is -0.302 e. The first-order valence-corrected chi connectivity index (χ1v) is 12.7. The molecule has 3 N–H and O–H groups in total. The number of amides is 1. The number of aromatic nitrogens is 3. The summed E-state index contributed by atoms with van der Waals surface area (Å²) in [5.74, 6) is -0.311. The van der Waals surface area contributed by atoms with E-state index >= 15 is 0 Å². The molecule has 8 nitrogen and oxygen atoms in total. The van der Waals surface area contributed by atoms with E-state index in [4.69, 9.17) is 0 Å². The molecule has 0 aliphatic heterocycles. The Kier molecular flexibility index (Phi) is 4.96. The van der Waals surface area contributed by atoms with Crippen LogP contribution in [0.2, 0.25) is 0 Å². The molecule has 0 spiro atoms. The fourth-order valence-corrected chi connectivity index (χ4v) is 7.05. The molecule has 0 saturated carbocycles. The van der Waals surface area contributed by atoms with Crippen molar-refractivity contribution >= 4 is 70.4 Å². The molecule has 0 saturated heterocycles. The van der Waals surface area contributed by atoms with Gasteiger partial charge in [-0.25, -0.2) is 13.4 Å². The quantitative estimate of drug-likeness (QED) is 0.326. The summed E-state index contributed by atoms with van der Waals surface area (Å²) >= 11 is 2.54. The number of nitrogens with zero attached hydrogens (tertiary/aromatic N) is 2. The topological polar surface area (TPSA) is 117 Å². The number of carbonyl (C=O) groups excluding carboxylic acids is 1. The van der Waals surface area contributed by atoms with Crippen LogP contribution in [-0.2, 0) is 14.8 Å². The number of H-pyrrole nitrogens is 1. The van der Waals surface area contributed by atoms with Crippen LogP contribution in [0.5, 0.6) is 0 Å². The number of sulfonamides is 1. The van der Waals surface area contributed by atoms with Crippen molar-refractivity contribution in [2.45, 2.75) is 18.1 Å². The zero-order chi connectivity index (χ0) is 22.5. The molecule has 1 amide bonds. The smallest absolute Gasteiger partial charge is 0.273 e. The number of benzene rings is 2. The summed E-state index contributed by atoms with van der Waals surface area (Å²) in [5.41, 5.74) is 2.43. The molecular formula is C21H17N5O3S3. The SMILES string of the molecule is CC(=O)Nc1nc(C)c(S(=O)(=O)Nc2cc(-c3cc4ccccc4s3)c3[nH]ncc3c2)s1.